The van der Waals surface area contributed by atoms with Crippen LogP contribution in [0.1, 0.15) is 18.2 Å². The van der Waals surface area contributed by atoms with Crippen molar-refractivity contribution in [1.29, 1.82) is 0 Å². The van der Waals surface area contributed by atoms with E-state index in [2.05, 4.69) is 16.9 Å². The van der Waals surface area contributed by atoms with E-state index in [4.69, 9.17) is 21.1 Å². The highest BCUT2D eigenvalue weighted by Gasteiger charge is 2.08. The number of aryl methyl sites for hydroxylation is 2. The molecule has 1 aromatic heterocycles. The fourth-order valence-corrected chi connectivity index (χ4v) is 1.90. The van der Waals surface area contributed by atoms with E-state index in [1.54, 1.807) is 13.2 Å². The minimum absolute atomic E-state index is 0.166. The third-order valence-corrected chi connectivity index (χ3v) is 2.82. The van der Waals surface area contributed by atoms with Gasteiger partial charge in [0.05, 0.1) is 7.11 Å². The molecule has 0 fully saturated rings. The minimum atomic E-state index is 0.166. The number of ether oxygens (including phenoxy) is 2. The average molecular weight is 279 g/mol. The topological polar surface area (TPSA) is 44.2 Å². The van der Waals surface area contributed by atoms with Crippen molar-refractivity contribution in [1.82, 2.24) is 9.97 Å². The zero-order valence-electron chi connectivity index (χ0n) is 11.1. The zero-order valence-corrected chi connectivity index (χ0v) is 11.9. The predicted molar refractivity (Wildman–Crippen MR) is 74.2 cm³/mol. The van der Waals surface area contributed by atoms with Gasteiger partial charge in [-0.25, -0.2) is 4.98 Å². The quantitative estimate of drug-likeness (QED) is 0.798. The van der Waals surface area contributed by atoms with Gasteiger partial charge < -0.3 is 9.47 Å². The van der Waals surface area contributed by atoms with Crippen molar-refractivity contribution in [3.05, 3.63) is 40.8 Å². The minimum Gasteiger partial charge on any atom is -0.493 e. The molecule has 19 heavy (non-hydrogen) atoms. The molecule has 5 heteroatoms. The smallest absolute Gasteiger partial charge is 0.225 e. The van der Waals surface area contributed by atoms with Crippen molar-refractivity contribution >= 4 is 11.6 Å². The van der Waals surface area contributed by atoms with Gasteiger partial charge in [-0.2, -0.15) is 4.98 Å². The molecule has 0 atom stereocenters. The highest BCUT2D eigenvalue weighted by atomic mass is 35.5. The van der Waals surface area contributed by atoms with E-state index < -0.39 is 0 Å². The molecule has 0 unspecified atom stereocenters. The van der Waals surface area contributed by atoms with Crippen molar-refractivity contribution in [2.45, 2.75) is 20.3 Å². The third kappa shape index (κ3) is 3.35. The van der Waals surface area contributed by atoms with Crippen LogP contribution < -0.4 is 9.47 Å². The van der Waals surface area contributed by atoms with Crippen LogP contribution >= 0.6 is 11.6 Å². The SMILES string of the molecule is CCc1ccc(Oc2cc(C)nc(Cl)n2)c(OC)c1. The fraction of sp³-hybridized carbons (Fsp3) is 0.286. The van der Waals surface area contributed by atoms with Crippen molar-refractivity contribution in [3.8, 4) is 17.4 Å². The number of methoxy groups -OCH3 is 1. The lowest BCUT2D eigenvalue weighted by molar-refractivity contribution is 0.373. The number of hydrogen-bond donors (Lipinski definition) is 0. The van der Waals surface area contributed by atoms with Crippen LogP contribution in [0, 0.1) is 6.92 Å². The molecule has 2 aromatic rings. The van der Waals surface area contributed by atoms with Gasteiger partial charge in [0, 0.05) is 11.8 Å². The zero-order chi connectivity index (χ0) is 13.8. The summed E-state index contributed by atoms with van der Waals surface area (Å²) in [6.45, 7) is 3.92. The second-order valence-electron chi connectivity index (χ2n) is 4.06. The van der Waals surface area contributed by atoms with Gasteiger partial charge in [-0.3, -0.25) is 0 Å². The molecule has 0 N–H and O–H groups in total. The summed E-state index contributed by atoms with van der Waals surface area (Å²) in [6, 6.07) is 7.53. The molecule has 2 rings (SSSR count). The van der Waals surface area contributed by atoms with Gasteiger partial charge in [0.1, 0.15) is 0 Å². The van der Waals surface area contributed by atoms with Gasteiger partial charge in [-0.15, -0.1) is 0 Å². The van der Waals surface area contributed by atoms with Crippen LogP contribution in [0.3, 0.4) is 0 Å². The number of benzene rings is 1. The maximum atomic E-state index is 5.80. The first-order valence-electron chi connectivity index (χ1n) is 5.98. The molecule has 0 aliphatic rings. The van der Waals surface area contributed by atoms with Crippen LogP contribution in [0.25, 0.3) is 0 Å². The van der Waals surface area contributed by atoms with Crippen molar-refractivity contribution in [3.63, 3.8) is 0 Å². The van der Waals surface area contributed by atoms with Crippen molar-refractivity contribution in [2.75, 3.05) is 7.11 Å². The van der Waals surface area contributed by atoms with Crippen LogP contribution in [0.4, 0.5) is 0 Å². The second kappa shape index (κ2) is 5.89. The summed E-state index contributed by atoms with van der Waals surface area (Å²) in [4.78, 5) is 8.01. The fourth-order valence-electron chi connectivity index (χ4n) is 1.69. The molecule has 0 bridgehead atoms. The summed E-state index contributed by atoms with van der Waals surface area (Å²) in [5, 5.41) is 0.166. The van der Waals surface area contributed by atoms with Crippen molar-refractivity contribution < 1.29 is 9.47 Å². The molecule has 1 aromatic carbocycles. The molecule has 4 nitrogen and oxygen atoms in total. The summed E-state index contributed by atoms with van der Waals surface area (Å²) in [6.07, 6.45) is 0.940. The molecular weight excluding hydrogens is 264 g/mol. The molecular formula is C14H15ClN2O2. The molecule has 0 saturated carbocycles. The number of halogens is 1. The summed E-state index contributed by atoms with van der Waals surface area (Å²) >= 11 is 5.80. The number of rotatable bonds is 4. The third-order valence-electron chi connectivity index (χ3n) is 2.65. The Morgan fingerprint density at radius 2 is 1.95 bits per heavy atom. The molecule has 0 saturated heterocycles. The molecule has 1 heterocycles. The summed E-state index contributed by atoms with van der Waals surface area (Å²) < 4.78 is 11.0. The Kier molecular flexibility index (Phi) is 4.22. The first-order chi connectivity index (χ1) is 9.12. The van der Waals surface area contributed by atoms with Gasteiger partial charge in [0.15, 0.2) is 11.5 Å². The Bertz CT molecular complexity index is 567. The standard InChI is InChI=1S/C14H15ClN2O2/c1-4-10-5-6-11(12(8-10)18-3)19-13-7-9(2)16-14(15)17-13/h5-8H,4H2,1-3H3. The van der Waals surface area contributed by atoms with E-state index in [1.165, 1.54) is 5.56 Å². The maximum Gasteiger partial charge on any atom is 0.225 e. The molecule has 0 radical (unpaired) electrons. The number of hydrogen-bond acceptors (Lipinski definition) is 4. The van der Waals surface area contributed by atoms with E-state index in [9.17, 15) is 0 Å². The normalized spacial score (nSPS) is 10.3. The molecule has 0 aliphatic heterocycles. The Labute approximate surface area is 117 Å². The molecule has 0 amide bonds. The van der Waals surface area contributed by atoms with E-state index in [0.717, 1.165) is 12.1 Å². The Morgan fingerprint density at radius 3 is 2.58 bits per heavy atom. The van der Waals surface area contributed by atoms with E-state index in [1.807, 2.05) is 25.1 Å². The molecule has 100 valence electrons. The molecule has 0 spiro atoms. The van der Waals surface area contributed by atoms with Gasteiger partial charge in [-0.05, 0) is 42.6 Å². The van der Waals surface area contributed by atoms with Crippen molar-refractivity contribution in [2.24, 2.45) is 0 Å². The van der Waals surface area contributed by atoms with Gasteiger partial charge in [0.25, 0.3) is 0 Å². The Balaban J connectivity index is 2.32. The van der Waals surface area contributed by atoms with Gasteiger partial charge in [-0.1, -0.05) is 13.0 Å². The van der Waals surface area contributed by atoms with Gasteiger partial charge >= 0.3 is 0 Å². The summed E-state index contributed by atoms with van der Waals surface area (Å²) in [5.41, 5.74) is 1.93. The molecule has 0 aliphatic carbocycles. The Hall–Kier alpha value is -1.81. The first-order valence-corrected chi connectivity index (χ1v) is 6.36. The maximum absolute atomic E-state index is 5.80. The van der Waals surface area contributed by atoms with Crippen LogP contribution in [0.15, 0.2) is 24.3 Å². The van der Waals surface area contributed by atoms with E-state index in [0.29, 0.717) is 17.4 Å². The van der Waals surface area contributed by atoms with Crippen LogP contribution in [-0.2, 0) is 6.42 Å². The van der Waals surface area contributed by atoms with Crippen LogP contribution in [0.2, 0.25) is 5.28 Å². The number of aromatic nitrogens is 2. The lowest BCUT2D eigenvalue weighted by atomic mass is 10.1. The summed E-state index contributed by atoms with van der Waals surface area (Å²) in [5.74, 6) is 1.68. The van der Waals surface area contributed by atoms with Crippen LogP contribution in [-0.4, -0.2) is 17.1 Å². The highest BCUT2D eigenvalue weighted by Crippen LogP contribution is 2.32. The van der Waals surface area contributed by atoms with E-state index >= 15 is 0 Å². The largest absolute Gasteiger partial charge is 0.493 e. The van der Waals surface area contributed by atoms with Gasteiger partial charge in [0.2, 0.25) is 11.2 Å². The predicted octanol–water partition coefficient (Wildman–Crippen LogP) is 3.80. The average Bonchev–Trinajstić information content (AvgIpc) is 2.38. The second-order valence-corrected chi connectivity index (χ2v) is 4.40. The lowest BCUT2D eigenvalue weighted by Crippen LogP contribution is -1.95. The lowest BCUT2D eigenvalue weighted by Gasteiger charge is -2.11. The highest BCUT2D eigenvalue weighted by molar-refractivity contribution is 6.28. The van der Waals surface area contributed by atoms with Crippen LogP contribution in [0.5, 0.6) is 17.4 Å². The monoisotopic (exact) mass is 278 g/mol. The van der Waals surface area contributed by atoms with E-state index in [-0.39, 0.29) is 5.28 Å². The Morgan fingerprint density at radius 1 is 1.16 bits per heavy atom. The number of nitrogens with zero attached hydrogens (tertiary/aromatic N) is 2. The summed E-state index contributed by atoms with van der Waals surface area (Å²) in [7, 11) is 1.61. The first kappa shape index (κ1) is 13.6.